The maximum atomic E-state index is 12.1. The SMILES string of the molecule is CNC1=C(C#CCCCNC(=O)CN(C)C(=O)/C=C/CN(C)C)C=NC(C)(Nc2ccc3[nH]ccc3c2)N1. The lowest BCUT2D eigenvalue weighted by molar-refractivity contribution is -0.131. The standard InChI is InChI=1S/C28H38N8O2/c1-28(33-23-12-13-24-21(18-23)14-16-30-24)32-19-22(27(29-2)34-28)10-7-6-8-15-31-25(37)20-36(5)26(38)11-9-17-35(3)4/h9,11-14,16,18-19,29-30,33-34H,6,8,15,17,20H2,1-5H3,(H,31,37)/b11-9+. The van der Waals surface area contributed by atoms with Crippen LogP contribution in [0.1, 0.15) is 19.8 Å². The van der Waals surface area contributed by atoms with Crippen molar-refractivity contribution in [1.82, 2.24) is 30.7 Å². The molecule has 10 nitrogen and oxygen atoms in total. The number of benzene rings is 1. The Bertz CT molecular complexity index is 1280. The molecule has 1 atom stereocenters. The molecule has 2 aromatic rings. The van der Waals surface area contributed by atoms with Gasteiger partial charge in [0.15, 0.2) is 0 Å². The van der Waals surface area contributed by atoms with Gasteiger partial charge in [-0.05, 0) is 51.7 Å². The third-order valence-electron chi connectivity index (χ3n) is 5.79. The Morgan fingerprint density at radius 3 is 2.79 bits per heavy atom. The van der Waals surface area contributed by atoms with E-state index < -0.39 is 5.79 Å². The van der Waals surface area contributed by atoms with Crippen molar-refractivity contribution in [2.45, 2.75) is 25.6 Å². The van der Waals surface area contributed by atoms with Crippen LogP contribution in [0.3, 0.4) is 0 Å². The molecule has 202 valence electrons. The summed E-state index contributed by atoms with van der Waals surface area (Å²) in [6.07, 6.45) is 8.26. The first-order chi connectivity index (χ1) is 18.2. The van der Waals surface area contributed by atoms with Crippen LogP contribution in [0.15, 0.2) is 59.0 Å². The number of H-pyrrole nitrogens is 1. The van der Waals surface area contributed by atoms with Crippen LogP contribution in [0, 0.1) is 11.8 Å². The smallest absolute Gasteiger partial charge is 0.246 e. The number of nitrogens with one attached hydrogen (secondary N) is 5. The third kappa shape index (κ3) is 8.42. The predicted molar refractivity (Wildman–Crippen MR) is 153 cm³/mol. The van der Waals surface area contributed by atoms with Gasteiger partial charge in [0, 0.05) is 68.7 Å². The van der Waals surface area contributed by atoms with Crippen LogP contribution >= 0.6 is 0 Å². The molecule has 0 radical (unpaired) electrons. The van der Waals surface area contributed by atoms with Crippen molar-refractivity contribution in [3.63, 3.8) is 0 Å². The van der Waals surface area contributed by atoms with Gasteiger partial charge in [-0.15, -0.1) is 0 Å². The first kappa shape index (κ1) is 28.3. The maximum Gasteiger partial charge on any atom is 0.246 e. The summed E-state index contributed by atoms with van der Waals surface area (Å²) in [5.41, 5.74) is 2.80. The lowest BCUT2D eigenvalue weighted by Crippen LogP contribution is -2.51. The topological polar surface area (TPSA) is 117 Å². The van der Waals surface area contributed by atoms with E-state index in [-0.39, 0.29) is 18.4 Å². The molecule has 3 rings (SSSR count). The zero-order valence-corrected chi connectivity index (χ0v) is 22.8. The van der Waals surface area contributed by atoms with Crippen molar-refractivity contribution in [1.29, 1.82) is 0 Å². The number of fused-ring (bicyclic) bond motifs is 1. The van der Waals surface area contributed by atoms with E-state index in [2.05, 4.69) is 49.2 Å². The summed E-state index contributed by atoms with van der Waals surface area (Å²) >= 11 is 0. The number of aromatic nitrogens is 1. The maximum absolute atomic E-state index is 12.1. The number of unbranched alkanes of at least 4 members (excludes halogenated alkanes) is 1. The van der Waals surface area contributed by atoms with E-state index >= 15 is 0 Å². The number of anilines is 1. The average Bonchev–Trinajstić information content (AvgIpc) is 3.34. The highest BCUT2D eigenvalue weighted by Crippen LogP contribution is 2.22. The Morgan fingerprint density at radius 1 is 1.21 bits per heavy atom. The first-order valence-corrected chi connectivity index (χ1v) is 12.6. The van der Waals surface area contributed by atoms with E-state index in [1.54, 1.807) is 19.3 Å². The summed E-state index contributed by atoms with van der Waals surface area (Å²) in [6.45, 7) is 3.13. The quantitative estimate of drug-likeness (QED) is 0.176. The summed E-state index contributed by atoms with van der Waals surface area (Å²) in [4.78, 5) is 35.4. The normalized spacial score (nSPS) is 16.8. The van der Waals surface area contributed by atoms with Crippen molar-refractivity contribution in [3.05, 3.63) is 54.0 Å². The molecule has 2 amide bonds. The second-order valence-corrected chi connectivity index (χ2v) is 9.51. The van der Waals surface area contributed by atoms with Gasteiger partial charge in [0.25, 0.3) is 0 Å². The molecule has 38 heavy (non-hydrogen) atoms. The Kier molecular flexibility index (Phi) is 9.96. The number of carbonyl (C=O) groups excluding carboxylic acids is 2. The molecule has 10 heteroatoms. The fourth-order valence-electron chi connectivity index (χ4n) is 3.77. The monoisotopic (exact) mass is 518 g/mol. The van der Waals surface area contributed by atoms with Gasteiger partial charge in [-0.25, -0.2) is 4.99 Å². The lowest BCUT2D eigenvalue weighted by atomic mass is 10.2. The summed E-state index contributed by atoms with van der Waals surface area (Å²) in [6, 6.07) is 8.15. The number of carbonyl (C=O) groups is 2. The highest BCUT2D eigenvalue weighted by molar-refractivity contribution is 5.91. The van der Waals surface area contributed by atoms with E-state index in [1.165, 1.54) is 11.0 Å². The minimum Gasteiger partial charge on any atom is -0.374 e. The van der Waals surface area contributed by atoms with Crippen LogP contribution < -0.4 is 21.3 Å². The Hall–Kier alpha value is -4.23. The van der Waals surface area contributed by atoms with Gasteiger partial charge in [0.2, 0.25) is 17.6 Å². The predicted octanol–water partition coefficient (Wildman–Crippen LogP) is 1.83. The van der Waals surface area contributed by atoms with Crippen LogP contribution in [-0.2, 0) is 9.59 Å². The number of likely N-dealkylation sites (N-methyl/N-ethyl adjacent to an activating group) is 2. The number of hydrogen-bond donors (Lipinski definition) is 5. The van der Waals surface area contributed by atoms with E-state index in [4.69, 9.17) is 0 Å². The van der Waals surface area contributed by atoms with Crippen LogP contribution in [0.5, 0.6) is 0 Å². The number of aliphatic imine (C=N–C) groups is 1. The van der Waals surface area contributed by atoms with E-state index in [0.717, 1.165) is 28.0 Å². The highest BCUT2D eigenvalue weighted by Gasteiger charge is 2.27. The molecule has 1 aromatic heterocycles. The number of aromatic amines is 1. The molecule has 1 aliphatic heterocycles. The fraction of sp³-hybridized carbons (Fsp3) is 0.393. The van der Waals surface area contributed by atoms with Gasteiger partial charge in [0.1, 0.15) is 5.82 Å². The van der Waals surface area contributed by atoms with E-state index in [9.17, 15) is 9.59 Å². The van der Waals surface area contributed by atoms with Crippen LogP contribution in [0.4, 0.5) is 5.69 Å². The molecule has 1 aromatic carbocycles. The van der Waals surface area contributed by atoms with Gasteiger partial charge in [-0.3, -0.25) is 9.59 Å². The molecule has 0 spiro atoms. The number of hydrogen-bond acceptors (Lipinski definition) is 7. The van der Waals surface area contributed by atoms with Crippen molar-refractivity contribution in [3.8, 4) is 11.8 Å². The molecular formula is C28H38N8O2. The molecular weight excluding hydrogens is 480 g/mol. The summed E-state index contributed by atoms with van der Waals surface area (Å²) in [5, 5.41) is 14.0. The average molecular weight is 519 g/mol. The van der Waals surface area contributed by atoms with Crippen LogP contribution in [-0.4, -0.2) is 86.4 Å². The minimum atomic E-state index is -0.728. The van der Waals surface area contributed by atoms with Gasteiger partial charge in [0.05, 0.1) is 12.1 Å². The van der Waals surface area contributed by atoms with Crippen molar-refractivity contribution in [2.75, 3.05) is 53.1 Å². The summed E-state index contributed by atoms with van der Waals surface area (Å²) in [5.74, 6) is 5.97. The van der Waals surface area contributed by atoms with E-state index in [1.807, 2.05) is 57.4 Å². The highest BCUT2D eigenvalue weighted by atomic mass is 16.2. The molecule has 0 fully saturated rings. The molecule has 2 heterocycles. The number of nitrogens with zero attached hydrogens (tertiary/aromatic N) is 3. The fourth-order valence-corrected chi connectivity index (χ4v) is 3.77. The van der Waals surface area contributed by atoms with Crippen molar-refractivity contribution >= 4 is 34.6 Å². The molecule has 0 bridgehead atoms. The first-order valence-electron chi connectivity index (χ1n) is 12.6. The second kappa shape index (κ2) is 13.4. The lowest BCUT2D eigenvalue weighted by Gasteiger charge is -2.33. The van der Waals surface area contributed by atoms with Gasteiger partial charge < -0.3 is 36.1 Å². The Morgan fingerprint density at radius 2 is 2.03 bits per heavy atom. The second-order valence-electron chi connectivity index (χ2n) is 9.51. The van der Waals surface area contributed by atoms with Crippen LogP contribution in [0.2, 0.25) is 0 Å². The van der Waals surface area contributed by atoms with Crippen molar-refractivity contribution < 1.29 is 9.59 Å². The zero-order valence-electron chi connectivity index (χ0n) is 22.8. The van der Waals surface area contributed by atoms with E-state index in [0.29, 0.717) is 25.9 Å². The number of rotatable bonds is 11. The van der Waals surface area contributed by atoms with Gasteiger partial charge >= 0.3 is 0 Å². The third-order valence-corrected chi connectivity index (χ3v) is 5.79. The molecule has 0 saturated heterocycles. The number of allylic oxidation sites excluding steroid dienone is 1. The largest absolute Gasteiger partial charge is 0.374 e. The molecule has 0 saturated carbocycles. The van der Waals surface area contributed by atoms with Crippen molar-refractivity contribution in [2.24, 2.45) is 4.99 Å². The number of amides is 2. The molecule has 1 unspecified atom stereocenters. The molecule has 1 aliphatic rings. The molecule has 5 N–H and O–H groups in total. The van der Waals surface area contributed by atoms with Gasteiger partial charge in [-0.2, -0.15) is 0 Å². The summed E-state index contributed by atoms with van der Waals surface area (Å²) < 4.78 is 0. The zero-order chi connectivity index (χ0) is 27.5. The minimum absolute atomic E-state index is 0.0171. The molecule has 0 aliphatic carbocycles. The van der Waals surface area contributed by atoms with Gasteiger partial charge in [-0.1, -0.05) is 17.9 Å². The summed E-state index contributed by atoms with van der Waals surface area (Å²) in [7, 11) is 7.30. The van der Waals surface area contributed by atoms with Crippen LogP contribution in [0.25, 0.3) is 10.9 Å². The Balaban J connectivity index is 1.43. The Labute approximate surface area is 224 Å².